The van der Waals surface area contributed by atoms with E-state index >= 15 is 0 Å². The Morgan fingerprint density at radius 1 is 1.31 bits per heavy atom. The molecule has 1 heterocycles. The van der Waals surface area contributed by atoms with Crippen molar-refractivity contribution < 1.29 is 4.79 Å². The van der Waals surface area contributed by atoms with Gasteiger partial charge in [0.25, 0.3) is 0 Å². The van der Waals surface area contributed by atoms with E-state index < -0.39 is 0 Å². The number of aryl methyl sites for hydroxylation is 1. The van der Waals surface area contributed by atoms with E-state index in [1.165, 1.54) is 11.5 Å². The number of rotatable bonds is 5. The summed E-state index contributed by atoms with van der Waals surface area (Å²) in [7, 11) is 0. The molecule has 0 bridgehead atoms. The molecule has 1 aromatic carbocycles. The van der Waals surface area contributed by atoms with Crippen molar-refractivity contribution in [3.63, 3.8) is 0 Å². The van der Waals surface area contributed by atoms with Gasteiger partial charge in [-0.3, -0.25) is 4.79 Å². The second-order valence-electron chi connectivity index (χ2n) is 6.60. The van der Waals surface area contributed by atoms with E-state index in [0.29, 0.717) is 5.56 Å². The molecule has 2 aromatic rings. The van der Waals surface area contributed by atoms with E-state index in [1.807, 2.05) is 31.2 Å². The van der Waals surface area contributed by atoms with Gasteiger partial charge in [0.15, 0.2) is 5.78 Å². The summed E-state index contributed by atoms with van der Waals surface area (Å²) in [4.78, 5) is 13.1. The third-order valence-electron chi connectivity index (χ3n) is 4.93. The van der Waals surface area contributed by atoms with Crippen molar-refractivity contribution in [1.29, 1.82) is 5.26 Å². The smallest absolute Gasteiger partial charge is 0.166 e. The third-order valence-corrected chi connectivity index (χ3v) is 6.31. The number of nitriles is 1. The van der Waals surface area contributed by atoms with Gasteiger partial charge in [0.1, 0.15) is 16.6 Å². The molecule has 1 aromatic heterocycles. The van der Waals surface area contributed by atoms with Crippen molar-refractivity contribution in [3.05, 3.63) is 57.8 Å². The van der Waals surface area contributed by atoms with E-state index in [0.717, 1.165) is 52.1 Å². The van der Waals surface area contributed by atoms with Crippen LogP contribution in [0.1, 0.15) is 47.3 Å². The van der Waals surface area contributed by atoms with Gasteiger partial charge in [0.2, 0.25) is 0 Å². The lowest BCUT2D eigenvalue weighted by Crippen LogP contribution is -2.30. The van der Waals surface area contributed by atoms with Crippen LogP contribution in [0.15, 0.2) is 41.0 Å². The van der Waals surface area contributed by atoms with Gasteiger partial charge in [0, 0.05) is 27.6 Å². The zero-order valence-electron chi connectivity index (χ0n) is 14.6. The molecule has 1 aliphatic carbocycles. The molecule has 2 unspecified atom stereocenters. The molecule has 0 aliphatic heterocycles. The second-order valence-corrected chi connectivity index (χ2v) is 8.29. The number of nitrogens with zero attached hydrogens (tertiary/aromatic N) is 2. The highest BCUT2D eigenvalue weighted by Crippen LogP contribution is 2.38. The summed E-state index contributed by atoms with van der Waals surface area (Å²) in [5.74, 6) is 0.157. The van der Waals surface area contributed by atoms with Crippen LogP contribution in [-0.4, -0.2) is 10.2 Å². The molecule has 4 nitrogen and oxygen atoms in total. The number of hydrogen-bond donors (Lipinski definition) is 1. The van der Waals surface area contributed by atoms with E-state index in [1.54, 1.807) is 0 Å². The summed E-state index contributed by atoms with van der Waals surface area (Å²) in [5, 5.41) is 13.3. The SMILES string of the molecule is C=C(Nc1snc(C)c1C#N)C1CCCCC1C(=O)c1ccc(Br)cc1. The topological polar surface area (TPSA) is 65.8 Å². The molecule has 1 N–H and O–H groups in total. The zero-order valence-corrected chi connectivity index (χ0v) is 17.0. The molecule has 134 valence electrons. The lowest BCUT2D eigenvalue weighted by Gasteiger charge is -2.32. The maximum absolute atomic E-state index is 13.1. The molecule has 26 heavy (non-hydrogen) atoms. The lowest BCUT2D eigenvalue weighted by molar-refractivity contribution is 0.0848. The summed E-state index contributed by atoms with van der Waals surface area (Å²) in [6.45, 7) is 6.02. The minimum Gasteiger partial charge on any atom is -0.349 e. The Bertz CT molecular complexity index is 866. The van der Waals surface area contributed by atoms with E-state index in [2.05, 4.69) is 38.3 Å². The Morgan fingerprint density at radius 3 is 2.62 bits per heavy atom. The predicted octanol–water partition coefficient (Wildman–Crippen LogP) is 5.70. The van der Waals surface area contributed by atoms with Gasteiger partial charge in [-0.15, -0.1) is 0 Å². The molecular formula is C20H20BrN3OS. The van der Waals surface area contributed by atoms with Crippen molar-refractivity contribution in [2.45, 2.75) is 32.6 Å². The fourth-order valence-electron chi connectivity index (χ4n) is 3.52. The minimum absolute atomic E-state index is 0.0637. The van der Waals surface area contributed by atoms with E-state index in [9.17, 15) is 10.1 Å². The van der Waals surface area contributed by atoms with Crippen molar-refractivity contribution in [2.75, 3.05) is 5.32 Å². The molecule has 0 saturated heterocycles. The number of carbonyl (C=O) groups is 1. The molecule has 2 atom stereocenters. The summed E-state index contributed by atoms with van der Waals surface area (Å²) in [6, 6.07) is 9.73. The van der Waals surface area contributed by atoms with Crippen LogP contribution in [0, 0.1) is 30.1 Å². The van der Waals surface area contributed by atoms with Gasteiger partial charge in [-0.2, -0.15) is 9.64 Å². The van der Waals surface area contributed by atoms with Crippen molar-refractivity contribution in [2.24, 2.45) is 11.8 Å². The van der Waals surface area contributed by atoms with Crippen molar-refractivity contribution in [1.82, 2.24) is 4.37 Å². The standard InChI is InChI=1S/C20H20BrN3OS/c1-12(23-20-18(11-22)13(2)24-26-20)16-5-3-4-6-17(16)19(25)14-7-9-15(21)10-8-14/h7-10,16-17,23H,1,3-6H2,2H3. The summed E-state index contributed by atoms with van der Waals surface area (Å²) < 4.78 is 5.20. The number of carbonyl (C=O) groups excluding carboxylic acids is 1. The number of hydrogen-bond acceptors (Lipinski definition) is 5. The first-order chi connectivity index (χ1) is 12.5. The van der Waals surface area contributed by atoms with Gasteiger partial charge >= 0.3 is 0 Å². The van der Waals surface area contributed by atoms with Crippen molar-refractivity contribution >= 4 is 38.2 Å². The Kier molecular flexibility index (Phi) is 5.90. The quantitative estimate of drug-likeness (QED) is 0.618. The first-order valence-electron chi connectivity index (χ1n) is 8.63. The van der Waals surface area contributed by atoms with Crippen LogP contribution in [0.2, 0.25) is 0 Å². The molecule has 0 amide bonds. The first kappa shape index (κ1) is 18.8. The number of anilines is 1. The Hall–Kier alpha value is -1.97. The fraction of sp³-hybridized carbons (Fsp3) is 0.350. The third kappa shape index (κ3) is 3.89. The molecule has 1 fully saturated rings. The normalized spacial score (nSPS) is 19.6. The summed E-state index contributed by atoms with van der Waals surface area (Å²) >= 11 is 4.68. The number of benzene rings is 1. The van der Waals surface area contributed by atoms with Gasteiger partial charge in [0.05, 0.1) is 5.69 Å². The van der Waals surface area contributed by atoms with Crippen LogP contribution in [0.5, 0.6) is 0 Å². The molecular weight excluding hydrogens is 410 g/mol. The number of ketones is 1. The highest BCUT2D eigenvalue weighted by Gasteiger charge is 2.33. The van der Waals surface area contributed by atoms with E-state index in [4.69, 9.17) is 0 Å². The van der Waals surface area contributed by atoms with Gasteiger partial charge in [-0.25, -0.2) is 0 Å². The number of Topliss-reactive ketones (excluding diaryl/α,β-unsaturated/α-hetero) is 1. The Balaban J connectivity index is 1.80. The van der Waals surface area contributed by atoms with Crippen LogP contribution in [0.4, 0.5) is 5.00 Å². The van der Waals surface area contributed by atoms with Crippen LogP contribution in [0.3, 0.4) is 0 Å². The average molecular weight is 430 g/mol. The summed E-state index contributed by atoms with van der Waals surface area (Å²) in [6.07, 6.45) is 3.94. The molecule has 0 radical (unpaired) electrons. The van der Waals surface area contributed by atoms with Crippen LogP contribution in [-0.2, 0) is 0 Å². The van der Waals surface area contributed by atoms with E-state index in [-0.39, 0.29) is 17.6 Å². The molecule has 1 saturated carbocycles. The van der Waals surface area contributed by atoms with Crippen LogP contribution < -0.4 is 5.32 Å². The van der Waals surface area contributed by atoms with Crippen LogP contribution >= 0.6 is 27.5 Å². The first-order valence-corrected chi connectivity index (χ1v) is 10.2. The Labute approximate surface area is 166 Å². The largest absolute Gasteiger partial charge is 0.349 e. The van der Waals surface area contributed by atoms with Crippen LogP contribution in [0.25, 0.3) is 0 Å². The highest BCUT2D eigenvalue weighted by atomic mass is 79.9. The number of aromatic nitrogens is 1. The molecule has 0 spiro atoms. The number of halogens is 1. The van der Waals surface area contributed by atoms with Crippen molar-refractivity contribution in [3.8, 4) is 6.07 Å². The molecule has 1 aliphatic rings. The average Bonchev–Trinajstić information content (AvgIpc) is 3.01. The zero-order chi connectivity index (χ0) is 18.7. The number of allylic oxidation sites excluding steroid dienone is 1. The van der Waals surface area contributed by atoms with Gasteiger partial charge < -0.3 is 5.32 Å². The number of nitrogens with one attached hydrogen (secondary N) is 1. The Morgan fingerprint density at radius 2 is 1.96 bits per heavy atom. The maximum Gasteiger partial charge on any atom is 0.166 e. The molecule has 3 rings (SSSR count). The monoisotopic (exact) mass is 429 g/mol. The highest BCUT2D eigenvalue weighted by molar-refractivity contribution is 9.10. The predicted molar refractivity (Wildman–Crippen MR) is 108 cm³/mol. The lowest BCUT2D eigenvalue weighted by atomic mass is 9.74. The van der Waals surface area contributed by atoms with Gasteiger partial charge in [-0.05, 0) is 43.4 Å². The minimum atomic E-state index is -0.0792. The maximum atomic E-state index is 13.1. The second kappa shape index (κ2) is 8.15. The summed E-state index contributed by atoms with van der Waals surface area (Å²) in [5.41, 5.74) is 2.83. The fourth-order valence-corrected chi connectivity index (χ4v) is 4.56. The van der Waals surface area contributed by atoms with Gasteiger partial charge in [-0.1, -0.05) is 47.5 Å². The molecule has 6 heteroatoms.